The van der Waals surface area contributed by atoms with Crippen molar-refractivity contribution in [3.05, 3.63) is 82.5 Å². The number of benzene rings is 2. The molecule has 8 heteroatoms. The zero-order chi connectivity index (χ0) is 19.7. The van der Waals surface area contributed by atoms with E-state index >= 15 is 0 Å². The van der Waals surface area contributed by atoms with E-state index in [1.165, 1.54) is 41.1 Å². The molecule has 0 saturated heterocycles. The summed E-state index contributed by atoms with van der Waals surface area (Å²) in [6.07, 6.45) is 1.77. The van der Waals surface area contributed by atoms with Crippen molar-refractivity contribution in [1.82, 2.24) is 4.57 Å². The first kappa shape index (κ1) is 18.3. The number of hydrogen-bond donors (Lipinski definition) is 2. The van der Waals surface area contributed by atoms with Crippen molar-refractivity contribution < 1.29 is 29.0 Å². The monoisotopic (exact) mass is 387 g/mol. The number of rotatable bonds is 4. The first-order valence-corrected chi connectivity index (χ1v) is 7.95. The second-order valence-electron chi connectivity index (χ2n) is 5.59. The molecule has 0 aliphatic carbocycles. The smallest absolute Gasteiger partial charge is 0.371 e. The van der Waals surface area contributed by atoms with E-state index in [1.54, 1.807) is 0 Å². The normalized spacial score (nSPS) is 11.6. The van der Waals surface area contributed by atoms with Gasteiger partial charge in [0.2, 0.25) is 5.76 Å². The van der Waals surface area contributed by atoms with Gasteiger partial charge in [0, 0.05) is 33.8 Å². The largest absolute Gasteiger partial charge is 0.502 e. The summed E-state index contributed by atoms with van der Waals surface area (Å²) in [6.45, 7) is 0. The summed E-state index contributed by atoms with van der Waals surface area (Å²) in [5, 5.41) is 18.6. The number of carbonyl (C=O) groups excluding carboxylic acids is 2. The molecule has 1 aromatic heterocycles. The lowest BCUT2D eigenvalue weighted by Gasteiger charge is -2.04. The predicted octanol–water partition coefficient (Wildman–Crippen LogP) is 3.83. The van der Waals surface area contributed by atoms with Crippen molar-refractivity contribution in [2.24, 2.45) is 0 Å². The quantitative estimate of drug-likeness (QED) is 0.403. The van der Waals surface area contributed by atoms with Crippen molar-refractivity contribution in [2.75, 3.05) is 0 Å². The maximum absolute atomic E-state index is 13.1. The Morgan fingerprint density at radius 3 is 2.33 bits per heavy atom. The van der Waals surface area contributed by atoms with Crippen LogP contribution < -0.4 is 0 Å². The number of aliphatic hydroxyl groups excluding tert-OH is 1. The van der Waals surface area contributed by atoms with Gasteiger partial charge in [-0.3, -0.25) is 14.2 Å². The van der Waals surface area contributed by atoms with Gasteiger partial charge < -0.3 is 10.2 Å². The topological polar surface area (TPSA) is 96.6 Å². The van der Waals surface area contributed by atoms with Crippen LogP contribution in [0.4, 0.5) is 4.39 Å². The molecule has 0 atom stereocenters. The number of ketones is 1. The van der Waals surface area contributed by atoms with E-state index in [2.05, 4.69) is 0 Å². The van der Waals surface area contributed by atoms with E-state index in [1.807, 2.05) is 0 Å². The fraction of sp³-hybridized carbons (Fsp3) is 0. The molecule has 0 spiro atoms. The molecule has 0 aliphatic rings. The van der Waals surface area contributed by atoms with Crippen LogP contribution in [-0.4, -0.2) is 32.4 Å². The van der Waals surface area contributed by atoms with E-state index < -0.39 is 29.2 Å². The molecule has 3 rings (SSSR count). The summed E-state index contributed by atoms with van der Waals surface area (Å²) in [5.74, 6) is -4.62. The van der Waals surface area contributed by atoms with Gasteiger partial charge in [0.25, 0.3) is 5.91 Å². The van der Waals surface area contributed by atoms with Crippen LogP contribution in [0.25, 0.3) is 10.9 Å². The molecule has 27 heavy (non-hydrogen) atoms. The van der Waals surface area contributed by atoms with Gasteiger partial charge in [-0.15, -0.1) is 0 Å². The Bertz CT molecular complexity index is 1120. The number of aliphatic carboxylic acids is 1. The molecule has 1 heterocycles. The van der Waals surface area contributed by atoms with E-state index in [0.717, 1.165) is 12.1 Å². The Kier molecular flexibility index (Phi) is 4.79. The summed E-state index contributed by atoms with van der Waals surface area (Å²) in [5.41, 5.74) is 0.516. The minimum atomic E-state index is -1.66. The summed E-state index contributed by atoms with van der Waals surface area (Å²) in [7, 11) is 0. The molecule has 2 aromatic carbocycles. The van der Waals surface area contributed by atoms with Crippen molar-refractivity contribution in [2.45, 2.75) is 0 Å². The molecule has 2 N–H and O–H groups in total. The van der Waals surface area contributed by atoms with Crippen LogP contribution in [-0.2, 0) is 4.79 Å². The lowest BCUT2D eigenvalue weighted by Crippen LogP contribution is -2.11. The molecule has 0 aliphatic heterocycles. The van der Waals surface area contributed by atoms with E-state index in [9.17, 15) is 23.9 Å². The minimum Gasteiger partial charge on any atom is -0.502 e. The van der Waals surface area contributed by atoms with Crippen LogP contribution in [0.1, 0.15) is 20.7 Å². The van der Waals surface area contributed by atoms with Gasteiger partial charge in [-0.1, -0.05) is 11.6 Å². The van der Waals surface area contributed by atoms with E-state index in [4.69, 9.17) is 16.7 Å². The minimum absolute atomic E-state index is 0.0178. The maximum Gasteiger partial charge on any atom is 0.371 e. The molecular weight excluding hydrogens is 377 g/mol. The van der Waals surface area contributed by atoms with Crippen LogP contribution in [0.3, 0.4) is 0 Å². The number of hydrogen-bond acceptors (Lipinski definition) is 4. The molecule has 0 unspecified atom stereocenters. The Labute approximate surface area is 156 Å². The third-order valence-electron chi connectivity index (χ3n) is 3.83. The zero-order valence-corrected chi connectivity index (χ0v) is 14.3. The molecule has 0 fully saturated rings. The fourth-order valence-corrected chi connectivity index (χ4v) is 2.73. The molecular formula is C19H11ClFNO5. The van der Waals surface area contributed by atoms with Crippen LogP contribution in [0.2, 0.25) is 5.02 Å². The first-order valence-electron chi connectivity index (χ1n) is 7.57. The number of aliphatic hydroxyl groups is 1. The molecule has 6 nitrogen and oxygen atoms in total. The third kappa shape index (κ3) is 3.58. The summed E-state index contributed by atoms with van der Waals surface area (Å²) >= 11 is 5.97. The fourth-order valence-electron chi connectivity index (χ4n) is 2.56. The predicted molar refractivity (Wildman–Crippen MR) is 95.8 cm³/mol. The third-order valence-corrected chi connectivity index (χ3v) is 4.06. The number of carboxylic acid groups (broad SMARTS) is 1. The van der Waals surface area contributed by atoms with Crippen LogP contribution in [0, 0.1) is 5.82 Å². The number of fused-ring (bicyclic) bond motifs is 1. The second-order valence-corrected chi connectivity index (χ2v) is 6.02. The van der Waals surface area contributed by atoms with Gasteiger partial charge in [0.1, 0.15) is 5.82 Å². The van der Waals surface area contributed by atoms with E-state index in [0.29, 0.717) is 22.0 Å². The molecule has 0 amide bonds. The van der Waals surface area contributed by atoms with Gasteiger partial charge in [-0.2, -0.15) is 0 Å². The molecule has 0 bridgehead atoms. The lowest BCUT2D eigenvalue weighted by atomic mass is 10.1. The highest BCUT2D eigenvalue weighted by molar-refractivity contribution is 6.32. The van der Waals surface area contributed by atoms with Crippen LogP contribution >= 0.6 is 11.6 Å². The van der Waals surface area contributed by atoms with Gasteiger partial charge in [0.05, 0.1) is 5.52 Å². The van der Waals surface area contributed by atoms with Crippen molar-refractivity contribution in [3.8, 4) is 0 Å². The van der Waals surface area contributed by atoms with Crippen molar-refractivity contribution in [3.63, 3.8) is 0 Å². The van der Waals surface area contributed by atoms with Crippen LogP contribution in [0.5, 0.6) is 0 Å². The highest BCUT2D eigenvalue weighted by Crippen LogP contribution is 2.27. The summed E-state index contributed by atoms with van der Waals surface area (Å²) in [6, 6.07) is 9.37. The number of halogens is 2. The van der Waals surface area contributed by atoms with Crippen molar-refractivity contribution >= 4 is 40.2 Å². The Balaban J connectivity index is 2.16. The number of allylic oxidation sites excluding steroid dienone is 1. The molecule has 0 saturated carbocycles. The zero-order valence-electron chi connectivity index (χ0n) is 13.5. The summed E-state index contributed by atoms with van der Waals surface area (Å²) < 4.78 is 14.3. The lowest BCUT2D eigenvalue weighted by molar-refractivity contribution is -0.135. The van der Waals surface area contributed by atoms with Crippen molar-refractivity contribution in [1.29, 1.82) is 0 Å². The molecule has 3 aromatic rings. The summed E-state index contributed by atoms with van der Waals surface area (Å²) in [4.78, 5) is 35.9. The Morgan fingerprint density at radius 2 is 1.70 bits per heavy atom. The Morgan fingerprint density at radius 1 is 1.04 bits per heavy atom. The number of carboxylic acids is 1. The highest BCUT2D eigenvalue weighted by Gasteiger charge is 2.20. The highest BCUT2D eigenvalue weighted by atomic mass is 35.5. The second kappa shape index (κ2) is 7.05. The average molecular weight is 388 g/mol. The SMILES string of the molecule is O=C(O)C(O)=CC(=O)c1cn(C(=O)c2ccc(F)cc2)c2ccc(Cl)cc12. The van der Waals surface area contributed by atoms with Crippen LogP contribution in [0.15, 0.2) is 60.5 Å². The van der Waals surface area contributed by atoms with E-state index in [-0.39, 0.29) is 11.1 Å². The average Bonchev–Trinajstić information content (AvgIpc) is 3.00. The number of aromatic nitrogens is 1. The van der Waals surface area contributed by atoms with Gasteiger partial charge in [-0.25, -0.2) is 9.18 Å². The molecule has 0 radical (unpaired) electrons. The molecule has 136 valence electrons. The maximum atomic E-state index is 13.1. The number of nitrogens with zero attached hydrogens (tertiary/aromatic N) is 1. The van der Waals surface area contributed by atoms with Gasteiger partial charge in [-0.05, 0) is 42.5 Å². The first-order chi connectivity index (χ1) is 12.8. The number of carbonyl (C=O) groups is 3. The standard InChI is InChI=1S/C19H11ClFNO5/c20-11-3-6-15-13(7-11)14(16(23)8-17(24)19(26)27)9-22(15)18(25)10-1-4-12(21)5-2-10/h1-9,24H,(H,26,27). The van der Waals surface area contributed by atoms with Gasteiger partial charge >= 0.3 is 5.97 Å². The van der Waals surface area contributed by atoms with Gasteiger partial charge in [0.15, 0.2) is 5.78 Å². The Hall–Kier alpha value is -3.45.